The number of rotatable bonds is 7. The molecule has 0 spiro atoms. The van der Waals surface area contributed by atoms with Gasteiger partial charge in [0, 0.05) is 24.9 Å². The monoisotopic (exact) mass is 490 g/mol. The van der Waals surface area contributed by atoms with E-state index < -0.39 is 49.8 Å². The van der Waals surface area contributed by atoms with Gasteiger partial charge >= 0.3 is 5.69 Å². The van der Waals surface area contributed by atoms with Gasteiger partial charge in [0.25, 0.3) is 11.5 Å². The Labute approximate surface area is 200 Å². The van der Waals surface area contributed by atoms with E-state index in [-0.39, 0.29) is 23.8 Å². The van der Waals surface area contributed by atoms with Crippen LogP contribution in [0.25, 0.3) is 0 Å². The molecule has 0 unspecified atom stereocenters. The largest absolute Gasteiger partial charge is 0.411 e. The summed E-state index contributed by atoms with van der Waals surface area (Å²) in [4.78, 5) is 38.9. The number of ether oxygens (including phenoxy) is 2. The lowest BCUT2D eigenvalue weighted by atomic mass is 10.0. The van der Waals surface area contributed by atoms with E-state index >= 15 is 0 Å². The molecule has 0 radical (unpaired) electrons. The van der Waals surface area contributed by atoms with Crippen LogP contribution in [-0.2, 0) is 13.9 Å². The van der Waals surface area contributed by atoms with Crippen molar-refractivity contribution in [2.75, 3.05) is 20.3 Å². The van der Waals surface area contributed by atoms with Gasteiger partial charge in [0.05, 0.1) is 25.2 Å². The van der Waals surface area contributed by atoms with E-state index in [2.05, 4.69) is 33.9 Å². The van der Waals surface area contributed by atoms with Gasteiger partial charge in [-0.1, -0.05) is 39.0 Å². The van der Waals surface area contributed by atoms with Crippen LogP contribution in [0, 0.1) is 5.92 Å². The molecule has 1 fully saturated rings. The van der Waals surface area contributed by atoms with E-state index in [1.54, 1.807) is 18.2 Å². The number of hydrogen-bond acceptors (Lipinski definition) is 7. The highest BCUT2D eigenvalue weighted by molar-refractivity contribution is 6.74. The molecular weight excluding hydrogens is 456 g/mol. The van der Waals surface area contributed by atoms with Gasteiger partial charge in [-0.25, -0.2) is 4.79 Å². The summed E-state index contributed by atoms with van der Waals surface area (Å²) < 4.78 is 20.0. The first-order chi connectivity index (χ1) is 15.9. The lowest BCUT2D eigenvalue weighted by Crippen LogP contribution is -2.49. The fraction of sp³-hybridized carbons (Fsp3) is 0.542. The molecule has 186 valence electrons. The van der Waals surface area contributed by atoms with Crippen molar-refractivity contribution in [3.05, 3.63) is 69.0 Å². The Morgan fingerprint density at radius 2 is 1.79 bits per heavy atom. The van der Waals surface area contributed by atoms with Gasteiger partial charge in [0.1, 0.15) is 12.3 Å². The number of carbonyl (C=O) groups is 1. The maximum atomic E-state index is 13.4. The van der Waals surface area contributed by atoms with Crippen molar-refractivity contribution in [1.82, 2.24) is 9.13 Å². The average Bonchev–Trinajstić information content (AvgIpc) is 3.10. The van der Waals surface area contributed by atoms with Crippen LogP contribution in [0.15, 0.2) is 52.2 Å². The van der Waals surface area contributed by atoms with Crippen LogP contribution in [0.5, 0.6) is 0 Å². The Balaban J connectivity index is 2.06. The highest BCUT2D eigenvalue weighted by Gasteiger charge is 2.50. The highest BCUT2D eigenvalue weighted by atomic mass is 28.4. The summed E-state index contributed by atoms with van der Waals surface area (Å²) in [5.74, 6) is -1.18. The molecule has 1 aromatic heterocycles. The number of hydrogen-bond donors (Lipinski definition) is 1. The molecule has 10 heteroatoms. The third-order valence-corrected chi connectivity index (χ3v) is 11.2. The summed E-state index contributed by atoms with van der Waals surface area (Å²) in [6.45, 7) is 10.4. The summed E-state index contributed by atoms with van der Waals surface area (Å²) in [6.07, 6.45) is -0.810. The standard InChI is InChI=1S/C24H34N2O7Si/c1-24(2,3)34(5,6)33-20-17(15-31-4)22(32-18(20)14-27)25-13-12-19(28)26(23(25)30)21(29)16-10-8-7-9-11-16/h7-13,17-18,20,22,27H,14-15H2,1-6H3/t17-,18-,20+,22-/m1/s1. The number of nitrogens with zero attached hydrogens (tertiary/aromatic N) is 2. The van der Waals surface area contributed by atoms with Crippen molar-refractivity contribution in [3.8, 4) is 0 Å². The van der Waals surface area contributed by atoms with Crippen molar-refractivity contribution in [2.45, 2.75) is 57.3 Å². The predicted octanol–water partition coefficient (Wildman–Crippen LogP) is 2.24. The van der Waals surface area contributed by atoms with Gasteiger partial charge in [-0.15, -0.1) is 0 Å². The molecule has 1 aliphatic rings. The minimum Gasteiger partial charge on any atom is -0.411 e. The molecular formula is C24H34N2O7Si. The van der Waals surface area contributed by atoms with E-state index in [0.717, 1.165) is 6.07 Å². The van der Waals surface area contributed by atoms with E-state index in [1.807, 2.05) is 0 Å². The SMILES string of the molecule is COC[C@@H]1[C@H](O[Si](C)(C)C(C)(C)C)[C@@H](CO)O[C@H]1n1ccc(=O)n(C(=O)c2ccccc2)c1=O. The fourth-order valence-electron chi connectivity index (χ4n) is 3.85. The van der Waals surface area contributed by atoms with Crippen LogP contribution in [0.2, 0.25) is 18.1 Å². The summed E-state index contributed by atoms with van der Waals surface area (Å²) in [6, 6.07) is 9.28. The van der Waals surface area contributed by atoms with Crippen LogP contribution in [0.1, 0.15) is 37.4 Å². The average molecular weight is 491 g/mol. The molecule has 34 heavy (non-hydrogen) atoms. The lowest BCUT2D eigenvalue weighted by Gasteiger charge is -2.40. The van der Waals surface area contributed by atoms with Crippen molar-refractivity contribution in [1.29, 1.82) is 0 Å². The maximum absolute atomic E-state index is 13.4. The van der Waals surface area contributed by atoms with Crippen molar-refractivity contribution >= 4 is 14.2 Å². The molecule has 1 N–H and O–H groups in total. The van der Waals surface area contributed by atoms with Crippen LogP contribution in [0.4, 0.5) is 0 Å². The van der Waals surface area contributed by atoms with Crippen LogP contribution < -0.4 is 11.2 Å². The molecule has 9 nitrogen and oxygen atoms in total. The third-order valence-electron chi connectivity index (χ3n) is 6.75. The molecule has 0 amide bonds. The molecule has 1 aromatic carbocycles. The first-order valence-electron chi connectivity index (χ1n) is 11.3. The molecule has 1 aliphatic heterocycles. The number of methoxy groups -OCH3 is 1. The zero-order valence-corrected chi connectivity index (χ0v) is 21.6. The zero-order valence-electron chi connectivity index (χ0n) is 20.6. The maximum Gasteiger partial charge on any atom is 0.340 e. The molecule has 2 heterocycles. The van der Waals surface area contributed by atoms with Crippen LogP contribution in [0.3, 0.4) is 0 Å². The number of aliphatic hydroxyl groups is 1. The van der Waals surface area contributed by atoms with Gasteiger partial charge in [-0.05, 0) is 30.3 Å². The Bertz CT molecular complexity index is 1120. The molecule has 3 rings (SSSR count). The van der Waals surface area contributed by atoms with Gasteiger partial charge in [0.15, 0.2) is 8.32 Å². The lowest BCUT2D eigenvalue weighted by molar-refractivity contribution is -0.0497. The molecule has 0 bridgehead atoms. The molecule has 0 aliphatic carbocycles. The van der Waals surface area contributed by atoms with E-state index in [1.165, 1.54) is 30.0 Å². The second-order valence-electron chi connectivity index (χ2n) is 10.1. The van der Waals surface area contributed by atoms with Crippen molar-refractivity contribution < 1.29 is 23.8 Å². The van der Waals surface area contributed by atoms with Crippen molar-refractivity contribution in [2.24, 2.45) is 5.92 Å². The van der Waals surface area contributed by atoms with Crippen LogP contribution in [-0.4, -0.2) is 61.0 Å². The van der Waals surface area contributed by atoms with Crippen LogP contribution >= 0.6 is 0 Å². The first kappa shape index (κ1) is 26.2. The summed E-state index contributed by atoms with van der Waals surface area (Å²) in [7, 11) is -0.731. The third kappa shape index (κ3) is 5.01. The van der Waals surface area contributed by atoms with Gasteiger partial charge in [0.2, 0.25) is 0 Å². The number of benzene rings is 1. The predicted molar refractivity (Wildman–Crippen MR) is 130 cm³/mol. The summed E-state index contributed by atoms with van der Waals surface area (Å²) in [5, 5.41) is 9.98. The summed E-state index contributed by atoms with van der Waals surface area (Å²) >= 11 is 0. The Kier molecular flexibility index (Phi) is 7.78. The second kappa shape index (κ2) is 10.1. The van der Waals surface area contributed by atoms with E-state index in [0.29, 0.717) is 4.57 Å². The Morgan fingerprint density at radius 3 is 2.35 bits per heavy atom. The number of aliphatic hydroxyl groups excluding tert-OH is 1. The Morgan fingerprint density at radius 1 is 1.15 bits per heavy atom. The zero-order chi connectivity index (χ0) is 25.3. The minimum atomic E-state index is -2.27. The molecule has 0 saturated carbocycles. The molecule has 4 atom stereocenters. The topological polar surface area (TPSA) is 109 Å². The highest BCUT2D eigenvalue weighted by Crippen LogP contribution is 2.43. The normalized spacial score (nSPS) is 23.3. The molecule has 1 saturated heterocycles. The quantitative estimate of drug-likeness (QED) is 0.593. The smallest absolute Gasteiger partial charge is 0.340 e. The van der Waals surface area contributed by atoms with Gasteiger partial charge in [-0.2, -0.15) is 4.57 Å². The number of aromatic nitrogens is 2. The van der Waals surface area contributed by atoms with Gasteiger partial charge in [-0.3, -0.25) is 14.2 Å². The second-order valence-corrected chi connectivity index (χ2v) is 14.8. The van der Waals surface area contributed by atoms with E-state index in [9.17, 15) is 19.5 Å². The minimum absolute atomic E-state index is 0.0884. The fourth-order valence-corrected chi connectivity index (χ4v) is 5.21. The van der Waals surface area contributed by atoms with Gasteiger partial charge < -0.3 is 19.0 Å². The van der Waals surface area contributed by atoms with E-state index in [4.69, 9.17) is 13.9 Å². The van der Waals surface area contributed by atoms with Crippen molar-refractivity contribution in [3.63, 3.8) is 0 Å². The summed E-state index contributed by atoms with van der Waals surface area (Å²) in [5.41, 5.74) is -1.34. The first-order valence-corrected chi connectivity index (χ1v) is 14.2. The molecule has 2 aromatic rings. The number of carbonyl (C=O) groups excluding carboxylic acids is 1. The Hall–Kier alpha value is -2.37.